The van der Waals surface area contributed by atoms with Crippen LogP contribution in [0.5, 0.6) is 0 Å². The van der Waals surface area contributed by atoms with Gasteiger partial charge in [0.25, 0.3) is 0 Å². The van der Waals surface area contributed by atoms with Crippen molar-refractivity contribution in [3.8, 4) is 0 Å². The van der Waals surface area contributed by atoms with Crippen molar-refractivity contribution in [3.63, 3.8) is 0 Å². The molecule has 0 aliphatic heterocycles. The van der Waals surface area contributed by atoms with Crippen molar-refractivity contribution in [2.75, 3.05) is 39.5 Å². The van der Waals surface area contributed by atoms with E-state index in [4.69, 9.17) is 19.3 Å². The van der Waals surface area contributed by atoms with Gasteiger partial charge in [-0.15, -0.1) is 0 Å². The number of carbonyl (C=O) groups excluding carboxylic acids is 2. The molecule has 47 heavy (non-hydrogen) atoms. The average molecular weight is 670 g/mol. The minimum atomic E-state index is -0.190. The summed E-state index contributed by atoms with van der Waals surface area (Å²) in [6, 6.07) is 0. The van der Waals surface area contributed by atoms with Gasteiger partial charge in [-0.3, -0.25) is 14.5 Å². The van der Waals surface area contributed by atoms with E-state index in [0.29, 0.717) is 26.2 Å². The fraction of sp³-hybridized carbons (Fsp3) is 0.950. The third kappa shape index (κ3) is 34.5. The Kier molecular flexibility index (Phi) is 35.2. The van der Waals surface area contributed by atoms with Gasteiger partial charge in [-0.25, -0.2) is 0 Å². The molecule has 0 aliphatic rings. The molecule has 0 aliphatic carbocycles. The van der Waals surface area contributed by atoms with Crippen LogP contribution in [-0.2, 0) is 23.8 Å². The lowest BCUT2D eigenvalue weighted by atomic mass is 10.0. The zero-order valence-corrected chi connectivity index (χ0v) is 31.7. The Morgan fingerprint density at radius 3 is 1.19 bits per heavy atom. The van der Waals surface area contributed by atoms with E-state index in [2.05, 4.69) is 18.7 Å². The summed E-state index contributed by atoms with van der Waals surface area (Å²) in [5.74, 6) is -0.380. The van der Waals surface area contributed by atoms with E-state index in [-0.39, 0.29) is 50.2 Å². The van der Waals surface area contributed by atoms with Crippen LogP contribution in [0.2, 0.25) is 0 Å². The zero-order chi connectivity index (χ0) is 34.6. The van der Waals surface area contributed by atoms with E-state index in [1.807, 2.05) is 13.8 Å². The molecule has 0 rings (SSSR count). The highest BCUT2D eigenvalue weighted by molar-refractivity contribution is 5.70. The predicted octanol–water partition coefficient (Wildman–Crippen LogP) is 10.3. The number of rotatable bonds is 37. The van der Waals surface area contributed by atoms with Crippen LogP contribution in [0, 0.1) is 0 Å². The molecule has 7 nitrogen and oxygen atoms in total. The molecule has 0 fully saturated rings. The van der Waals surface area contributed by atoms with E-state index in [9.17, 15) is 9.59 Å². The number of aliphatic hydroxyl groups excluding tert-OH is 1. The summed E-state index contributed by atoms with van der Waals surface area (Å²) in [7, 11) is 0. The summed E-state index contributed by atoms with van der Waals surface area (Å²) < 4.78 is 16.8. The first-order valence-corrected chi connectivity index (χ1v) is 20.2. The van der Waals surface area contributed by atoms with Crippen molar-refractivity contribution >= 4 is 11.9 Å². The molecule has 0 aromatic carbocycles. The minimum absolute atomic E-state index is 0.0212. The summed E-state index contributed by atoms with van der Waals surface area (Å²) in [6.45, 7) is 10.8. The van der Waals surface area contributed by atoms with E-state index < -0.39 is 0 Å². The van der Waals surface area contributed by atoms with Gasteiger partial charge in [0.15, 0.2) is 0 Å². The highest BCUT2D eigenvalue weighted by Gasteiger charge is 2.16. The molecule has 0 aromatic rings. The Labute approximate surface area is 291 Å². The maximum Gasteiger partial charge on any atom is 0.307 e. The van der Waals surface area contributed by atoms with Crippen LogP contribution in [0.25, 0.3) is 0 Å². The molecule has 2 atom stereocenters. The van der Waals surface area contributed by atoms with E-state index in [1.165, 1.54) is 128 Å². The molecule has 0 spiro atoms. The summed E-state index contributed by atoms with van der Waals surface area (Å²) >= 11 is 0. The van der Waals surface area contributed by atoms with Crippen LogP contribution in [0.3, 0.4) is 0 Å². The molecule has 0 amide bonds. The Morgan fingerprint density at radius 2 is 0.851 bits per heavy atom. The second-order valence-corrected chi connectivity index (χ2v) is 13.9. The molecule has 0 aromatic heterocycles. The van der Waals surface area contributed by atoms with Crippen LogP contribution in [0.15, 0.2) is 0 Å². The molecule has 0 saturated heterocycles. The molecule has 7 heteroatoms. The Bertz CT molecular complexity index is 625. The van der Waals surface area contributed by atoms with Gasteiger partial charge < -0.3 is 19.3 Å². The SMILES string of the molecule is CCCCCCCCCCCCCC(C)OC(=O)CCN(CCOCCO)CCC(=O)OC(C)CCCCCCCCCCCCC. The van der Waals surface area contributed by atoms with Crippen LogP contribution < -0.4 is 0 Å². The zero-order valence-electron chi connectivity index (χ0n) is 31.7. The average Bonchev–Trinajstić information content (AvgIpc) is 3.05. The van der Waals surface area contributed by atoms with E-state index in [0.717, 1.165) is 25.7 Å². The fourth-order valence-electron chi connectivity index (χ4n) is 6.07. The third-order valence-electron chi connectivity index (χ3n) is 9.15. The van der Waals surface area contributed by atoms with Gasteiger partial charge in [0.2, 0.25) is 0 Å². The summed E-state index contributed by atoms with van der Waals surface area (Å²) in [5.41, 5.74) is 0. The van der Waals surface area contributed by atoms with Crippen molar-refractivity contribution < 1.29 is 28.9 Å². The quantitative estimate of drug-likeness (QED) is 0.0520. The van der Waals surface area contributed by atoms with Crippen LogP contribution >= 0.6 is 0 Å². The second-order valence-electron chi connectivity index (χ2n) is 13.9. The normalized spacial score (nSPS) is 12.8. The first-order chi connectivity index (χ1) is 22.9. The van der Waals surface area contributed by atoms with E-state index in [1.54, 1.807) is 0 Å². The van der Waals surface area contributed by atoms with Gasteiger partial charge in [-0.1, -0.05) is 142 Å². The topological polar surface area (TPSA) is 85.3 Å². The first kappa shape index (κ1) is 45.8. The van der Waals surface area contributed by atoms with Crippen LogP contribution in [0.1, 0.15) is 195 Å². The van der Waals surface area contributed by atoms with Gasteiger partial charge >= 0.3 is 11.9 Å². The first-order valence-electron chi connectivity index (χ1n) is 20.2. The molecular weight excluding hydrogens is 590 g/mol. The molecule has 0 bridgehead atoms. The number of unbranched alkanes of at least 4 members (excludes halogenated alkanes) is 20. The van der Waals surface area contributed by atoms with Crippen molar-refractivity contribution in [2.45, 2.75) is 207 Å². The smallest absolute Gasteiger partial charge is 0.307 e. The summed E-state index contributed by atoms with van der Waals surface area (Å²) in [4.78, 5) is 27.2. The Hall–Kier alpha value is -1.18. The van der Waals surface area contributed by atoms with Gasteiger partial charge in [0.1, 0.15) is 0 Å². The van der Waals surface area contributed by atoms with Gasteiger partial charge in [0.05, 0.1) is 44.9 Å². The minimum Gasteiger partial charge on any atom is -0.463 e. The number of hydrogen-bond acceptors (Lipinski definition) is 7. The number of esters is 2. The number of aliphatic hydroxyl groups is 1. The van der Waals surface area contributed by atoms with E-state index >= 15 is 0 Å². The highest BCUT2D eigenvalue weighted by Crippen LogP contribution is 2.15. The maximum absolute atomic E-state index is 12.6. The van der Waals surface area contributed by atoms with Crippen LogP contribution in [0.4, 0.5) is 0 Å². The lowest BCUT2D eigenvalue weighted by molar-refractivity contribution is -0.149. The Morgan fingerprint density at radius 1 is 0.511 bits per heavy atom. The lowest BCUT2D eigenvalue weighted by Gasteiger charge is -2.22. The number of carbonyl (C=O) groups is 2. The molecule has 0 saturated carbocycles. The maximum atomic E-state index is 12.6. The second kappa shape index (κ2) is 36.1. The fourth-order valence-corrected chi connectivity index (χ4v) is 6.07. The van der Waals surface area contributed by atoms with Gasteiger partial charge in [0, 0.05) is 19.6 Å². The largest absolute Gasteiger partial charge is 0.463 e. The Balaban J connectivity index is 4.10. The van der Waals surface area contributed by atoms with Gasteiger partial charge in [-0.05, 0) is 39.5 Å². The number of hydrogen-bond donors (Lipinski definition) is 1. The monoisotopic (exact) mass is 670 g/mol. The molecule has 1 N–H and O–H groups in total. The highest BCUT2D eigenvalue weighted by atomic mass is 16.5. The predicted molar refractivity (Wildman–Crippen MR) is 197 cm³/mol. The van der Waals surface area contributed by atoms with Gasteiger partial charge in [-0.2, -0.15) is 0 Å². The van der Waals surface area contributed by atoms with Crippen molar-refractivity contribution in [3.05, 3.63) is 0 Å². The van der Waals surface area contributed by atoms with Crippen molar-refractivity contribution in [2.24, 2.45) is 0 Å². The summed E-state index contributed by atoms with van der Waals surface area (Å²) in [6.07, 6.45) is 31.1. The van der Waals surface area contributed by atoms with Crippen molar-refractivity contribution in [1.29, 1.82) is 0 Å². The van der Waals surface area contributed by atoms with Crippen LogP contribution in [-0.4, -0.2) is 73.6 Å². The third-order valence-corrected chi connectivity index (χ3v) is 9.15. The standard InChI is InChI=1S/C40H79NO6/c1-5-7-9-11-13-15-17-19-21-23-25-27-37(3)46-39(43)29-31-41(33-35-45-36-34-42)32-30-40(44)47-38(4)28-26-24-22-20-18-16-14-12-10-8-6-2/h37-38,42H,5-36H2,1-4H3. The molecule has 0 radical (unpaired) electrons. The molecule has 2 unspecified atom stereocenters. The molecular formula is C40H79NO6. The molecule has 280 valence electrons. The lowest BCUT2D eigenvalue weighted by Crippen LogP contribution is -2.33. The number of ether oxygens (including phenoxy) is 3. The number of nitrogens with zero attached hydrogens (tertiary/aromatic N) is 1. The van der Waals surface area contributed by atoms with Crippen molar-refractivity contribution in [1.82, 2.24) is 4.90 Å². The summed E-state index contributed by atoms with van der Waals surface area (Å²) in [5, 5.41) is 9.01. The molecule has 0 heterocycles.